The molecule has 3 amide bonds. The van der Waals surface area contributed by atoms with Crippen LogP contribution in [0, 0.1) is 0 Å². The van der Waals surface area contributed by atoms with Crippen LogP contribution in [-0.4, -0.2) is 61.4 Å². The predicted molar refractivity (Wildman–Crippen MR) is 121 cm³/mol. The van der Waals surface area contributed by atoms with Gasteiger partial charge in [-0.2, -0.15) is 0 Å². The quantitative estimate of drug-likeness (QED) is 0.741. The molecule has 1 N–H and O–H groups in total. The number of ketones is 1. The summed E-state index contributed by atoms with van der Waals surface area (Å²) in [5, 5.41) is 3.63. The van der Waals surface area contributed by atoms with E-state index in [2.05, 4.69) is 10.2 Å². The molecule has 2 aromatic carbocycles. The fourth-order valence-electron chi connectivity index (χ4n) is 4.02. The molecule has 162 valence electrons. The maximum absolute atomic E-state index is 12.7. The molecule has 4 rings (SSSR count). The van der Waals surface area contributed by atoms with Crippen LogP contribution in [0.3, 0.4) is 0 Å². The molecule has 2 fully saturated rings. The molecule has 1 atom stereocenters. The normalized spacial score (nSPS) is 19.0. The molecule has 0 saturated carbocycles. The molecule has 7 nitrogen and oxygen atoms in total. The van der Waals surface area contributed by atoms with Crippen LogP contribution in [0.4, 0.5) is 16.2 Å². The van der Waals surface area contributed by atoms with Gasteiger partial charge in [0.05, 0.1) is 6.04 Å². The average Bonchev–Trinajstić information content (AvgIpc) is 3.14. The summed E-state index contributed by atoms with van der Waals surface area (Å²) in [6, 6.07) is 14.3. The molecule has 2 heterocycles. The first kappa shape index (κ1) is 21.2. The van der Waals surface area contributed by atoms with Crippen molar-refractivity contribution in [1.29, 1.82) is 0 Å². The third-order valence-corrected chi connectivity index (χ3v) is 6.05. The zero-order chi connectivity index (χ0) is 22.0. The molecule has 2 saturated heterocycles. The summed E-state index contributed by atoms with van der Waals surface area (Å²) in [6.45, 7) is 4.64. The van der Waals surface area contributed by atoms with Gasteiger partial charge in [0, 0.05) is 61.1 Å². The topological polar surface area (TPSA) is 73.0 Å². The number of anilines is 2. The molecular formula is C23H25ClN4O3. The van der Waals surface area contributed by atoms with E-state index < -0.39 is 0 Å². The molecule has 2 aromatic rings. The Kier molecular flexibility index (Phi) is 6.13. The Labute approximate surface area is 186 Å². The molecule has 0 aromatic heterocycles. The summed E-state index contributed by atoms with van der Waals surface area (Å²) in [5.74, 6) is 0.0412. The van der Waals surface area contributed by atoms with Gasteiger partial charge in [-0.15, -0.1) is 0 Å². The van der Waals surface area contributed by atoms with Gasteiger partial charge in [-0.3, -0.25) is 9.59 Å². The van der Waals surface area contributed by atoms with Gasteiger partial charge in [0.1, 0.15) is 0 Å². The first-order valence-electron chi connectivity index (χ1n) is 10.4. The maximum atomic E-state index is 12.7. The van der Waals surface area contributed by atoms with Crippen molar-refractivity contribution in [1.82, 2.24) is 10.2 Å². The van der Waals surface area contributed by atoms with Crippen molar-refractivity contribution in [3.8, 4) is 0 Å². The highest BCUT2D eigenvalue weighted by Gasteiger charge is 2.33. The molecule has 0 bridgehead atoms. The van der Waals surface area contributed by atoms with E-state index in [0.29, 0.717) is 43.3 Å². The Balaban J connectivity index is 1.29. The van der Waals surface area contributed by atoms with E-state index in [1.165, 1.54) is 0 Å². The van der Waals surface area contributed by atoms with Crippen LogP contribution < -0.4 is 15.1 Å². The number of piperazine rings is 1. The molecular weight excluding hydrogens is 416 g/mol. The summed E-state index contributed by atoms with van der Waals surface area (Å²) in [7, 11) is 0. The highest BCUT2D eigenvalue weighted by Crippen LogP contribution is 2.24. The number of amides is 3. The lowest BCUT2D eigenvalue weighted by molar-refractivity contribution is -0.117. The number of rotatable bonds is 4. The summed E-state index contributed by atoms with van der Waals surface area (Å²) in [5.41, 5.74) is 2.53. The summed E-state index contributed by atoms with van der Waals surface area (Å²) < 4.78 is 0. The molecule has 2 aliphatic heterocycles. The Morgan fingerprint density at radius 1 is 0.935 bits per heavy atom. The summed E-state index contributed by atoms with van der Waals surface area (Å²) in [6.07, 6.45) is 0.289. The number of hydrogen-bond acceptors (Lipinski definition) is 4. The van der Waals surface area contributed by atoms with Crippen molar-refractivity contribution in [2.75, 3.05) is 42.5 Å². The van der Waals surface area contributed by atoms with E-state index in [9.17, 15) is 14.4 Å². The predicted octanol–water partition coefficient (Wildman–Crippen LogP) is 3.18. The fraction of sp³-hybridized carbons (Fsp3) is 0.348. The van der Waals surface area contributed by atoms with E-state index >= 15 is 0 Å². The number of carbonyl (C=O) groups excluding carboxylic acids is 3. The standard InChI is InChI=1S/C23H25ClN4O3/c1-16(29)17-2-6-20(7-3-17)26-10-12-27(13-11-26)23(31)25-19-14-22(30)28(15-19)21-8-4-18(24)5-9-21/h2-9,19H,10-15H2,1H3,(H,25,31)/t19-/m0/s1. The number of nitrogens with zero attached hydrogens (tertiary/aromatic N) is 3. The lowest BCUT2D eigenvalue weighted by Crippen LogP contribution is -2.53. The first-order valence-corrected chi connectivity index (χ1v) is 10.8. The second-order valence-electron chi connectivity index (χ2n) is 7.91. The fourth-order valence-corrected chi connectivity index (χ4v) is 4.14. The number of benzene rings is 2. The lowest BCUT2D eigenvalue weighted by atomic mass is 10.1. The zero-order valence-electron chi connectivity index (χ0n) is 17.4. The maximum Gasteiger partial charge on any atom is 0.317 e. The van der Waals surface area contributed by atoms with Crippen molar-refractivity contribution >= 4 is 40.7 Å². The zero-order valence-corrected chi connectivity index (χ0v) is 18.1. The van der Waals surface area contributed by atoms with Crippen LogP contribution >= 0.6 is 11.6 Å². The minimum absolute atomic E-state index is 0.00792. The van der Waals surface area contributed by atoms with Gasteiger partial charge in [0.25, 0.3) is 0 Å². The van der Waals surface area contributed by atoms with Crippen LogP contribution in [0.15, 0.2) is 48.5 Å². The van der Waals surface area contributed by atoms with Gasteiger partial charge in [-0.1, -0.05) is 11.6 Å². The van der Waals surface area contributed by atoms with Crippen molar-refractivity contribution in [2.24, 2.45) is 0 Å². The lowest BCUT2D eigenvalue weighted by Gasteiger charge is -2.36. The minimum atomic E-state index is -0.215. The van der Waals surface area contributed by atoms with Crippen molar-refractivity contribution in [3.05, 3.63) is 59.1 Å². The van der Waals surface area contributed by atoms with Crippen LogP contribution in [0.25, 0.3) is 0 Å². The van der Waals surface area contributed by atoms with E-state index in [1.54, 1.807) is 28.9 Å². The molecule has 0 aliphatic carbocycles. The van der Waals surface area contributed by atoms with Gasteiger partial charge in [-0.25, -0.2) is 4.79 Å². The van der Waals surface area contributed by atoms with Crippen LogP contribution in [-0.2, 0) is 4.79 Å². The minimum Gasteiger partial charge on any atom is -0.368 e. The number of hydrogen-bond donors (Lipinski definition) is 1. The summed E-state index contributed by atoms with van der Waals surface area (Å²) in [4.78, 5) is 42.2. The van der Waals surface area contributed by atoms with E-state index in [0.717, 1.165) is 11.4 Å². The number of Topliss-reactive ketones (excluding diaryl/α,β-unsaturated/α-hetero) is 1. The number of nitrogens with one attached hydrogen (secondary N) is 1. The van der Waals surface area contributed by atoms with Crippen LogP contribution in [0.1, 0.15) is 23.7 Å². The second kappa shape index (κ2) is 8.98. The van der Waals surface area contributed by atoms with Gasteiger partial charge < -0.3 is 20.0 Å². The smallest absolute Gasteiger partial charge is 0.317 e. The second-order valence-corrected chi connectivity index (χ2v) is 8.34. The van der Waals surface area contributed by atoms with Gasteiger partial charge in [0.15, 0.2) is 5.78 Å². The molecule has 8 heteroatoms. The average molecular weight is 441 g/mol. The van der Waals surface area contributed by atoms with E-state index in [-0.39, 0.29) is 30.2 Å². The van der Waals surface area contributed by atoms with Gasteiger partial charge in [0.2, 0.25) is 5.91 Å². The van der Waals surface area contributed by atoms with Gasteiger partial charge >= 0.3 is 6.03 Å². The number of urea groups is 1. The Morgan fingerprint density at radius 3 is 2.16 bits per heavy atom. The van der Waals surface area contributed by atoms with Crippen molar-refractivity contribution < 1.29 is 14.4 Å². The molecule has 0 spiro atoms. The number of carbonyl (C=O) groups is 3. The Hall–Kier alpha value is -3.06. The Morgan fingerprint density at radius 2 is 1.55 bits per heavy atom. The van der Waals surface area contributed by atoms with E-state index in [1.807, 2.05) is 36.4 Å². The summed E-state index contributed by atoms with van der Waals surface area (Å²) >= 11 is 5.92. The highest BCUT2D eigenvalue weighted by molar-refractivity contribution is 6.30. The SMILES string of the molecule is CC(=O)c1ccc(N2CCN(C(=O)N[C@H]3CC(=O)N(c4ccc(Cl)cc4)C3)CC2)cc1. The van der Waals surface area contributed by atoms with Crippen LogP contribution in [0.2, 0.25) is 5.02 Å². The molecule has 0 radical (unpaired) electrons. The van der Waals surface area contributed by atoms with Crippen LogP contribution in [0.5, 0.6) is 0 Å². The number of halogens is 1. The largest absolute Gasteiger partial charge is 0.368 e. The molecule has 2 aliphatic rings. The van der Waals surface area contributed by atoms with Crippen molar-refractivity contribution in [3.63, 3.8) is 0 Å². The molecule has 31 heavy (non-hydrogen) atoms. The third kappa shape index (κ3) is 4.82. The Bertz CT molecular complexity index is 969. The monoisotopic (exact) mass is 440 g/mol. The highest BCUT2D eigenvalue weighted by atomic mass is 35.5. The third-order valence-electron chi connectivity index (χ3n) is 5.80. The first-order chi connectivity index (χ1) is 14.9. The molecule has 0 unspecified atom stereocenters. The van der Waals surface area contributed by atoms with Gasteiger partial charge in [-0.05, 0) is 55.5 Å². The van der Waals surface area contributed by atoms with E-state index in [4.69, 9.17) is 11.6 Å². The van der Waals surface area contributed by atoms with Crippen molar-refractivity contribution in [2.45, 2.75) is 19.4 Å².